The molecule has 0 N–H and O–H groups in total. The normalized spacial score (nSPS) is 11.7. The zero-order valence-corrected chi connectivity index (χ0v) is 13.0. The molecule has 4 aromatic rings. The summed E-state index contributed by atoms with van der Waals surface area (Å²) in [7, 11) is 0. The number of benzene rings is 2. The number of aryl methyl sites for hydroxylation is 1. The molecule has 0 unspecified atom stereocenters. The summed E-state index contributed by atoms with van der Waals surface area (Å²) in [6, 6.07) is 16.5. The van der Waals surface area contributed by atoms with E-state index < -0.39 is 0 Å². The Morgan fingerprint density at radius 1 is 0.905 bits per heavy atom. The third-order valence-corrected chi connectivity index (χ3v) is 4.33. The van der Waals surface area contributed by atoms with Crippen molar-refractivity contribution in [2.45, 2.75) is 13.0 Å². The third-order valence-electron chi connectivity index (χ3n) is 3.77. The standard InChI is InChI=1S/C17H14BrN3/c18-10-5-11-21-15-9-4-1-6-12(15)16-17(21)20-14-8-3-2-7-13(14)19-16/h1-4,6-9H,5,10-11H2. The molecule has 0 atom stereocenters. The first-order valence-electron chi connectivity index (χ1n) is 7.08. The minimum atomic E-state index is 0.947. The molecule has 0 saturated heterocycles. The highest BCUT2D eigenvalue weighted by Crippen LogP contribution is 2.28. The van der Waals surface area contributed by atoms with Crippen molar-refractivity contribution in [3.63, 3.8) is 0 Å². The Balaban J connectivity index is 2.13. The number of alkyl halides is 1. The molecule has 3 nitrogen and oxygen atoms in total. The second-order valence-electron chi connectivity index (χ2n) is 5.10. The van der Waals surface area contributed by atoms with E-state index in [9.17, 15) is 0 Å². The summed E-state index contributed by atoms with van der Waals surface area (Å²) in [4.78, 5) is 9.69. The predicted molar refractivity (Wildman–Crippen MR) is 91.0 cm³/mol. The molecule has 0 aliphatic heterocycles. The topological polar surface area (TPSA) is 30.7 Å². The van der Waals surface area contributed by atoms with Gasteiger partial charge in [-0.05, 0) is 24.6 Å². The van der Waals surface area contributed by atoms with Gasteiger partial charge in [-0.2, -0.15) is 0 Å². The van der Waals surface area contributed by atoms with Crippen LogP contribution in [0, 0.1) is 0 Å². The second-order valence-corrected chi connectivity index (χ2v) is 5.89. The van der Waals surface area contributed by atoms with Gasteiger partial charge in [0.15, 0.2) is 5.65 Å². The van der Waals surface area contributed by atoms with E-state index in [0.29, 0.717) is 0 Å². The average molecular weight is 340 g/mol. The summed E-state index contributed by atoms with van der Waals surface area (Å²) < 4.78 is 2.28. The highest BCUT2D eigenvalue weighted by atomic mass is 79.9. The molecule has 0 spiro atoms. The van der Waals surface area contributed by atoms with E-state index >= 15 is 0 Å². The van der Waals surface area contributed by atoms with Crippen LogP contribution in [0.1, 0.15) is 6.42 Å². The van der Waals surface area contributed by atoms with Crippen LogP contribution < -0.4 is 0 Å². The van der Waals surface area contributed by atoms with Crippen molar-refractivity contribution in [2.75, 3.05) is 5.33 Å². The largest absolute Gasteiger partial charge is 0.324 e. The maximum atomic E-state index is 4.85. The summed E-state index contributed by atoms with van der Waals surface area (Å²) in [5.41, 5.74) is 5.10. The summed E-state index contributed by atoms with van der Waals surface area (Å²) in [6.07, 6.45) is 1.07. The van der Waals surface area contributed by atoms with E-state index in [-0.39, 0.29) is 0 Å². The third kappa shape index (κ3) is 2.02. The van der Waals surface area contributed by atoms with E-state index in [1.807, 2.05) is 24.3 Å². The SMILES string of the molecule is BrCCCn1c2ccccc2c2nc3ccccc3nc21. The van der Waals surface area contributed by atoms with Gasteiger partial charge in [0.2, 0.25) is 0 Å². The van der Waals surface area contributed by atoms with Gasteiger partial charge in [-0.3, -0.25) is 0 Å². The van der Waals surface area contributed by atoms with Gasteiger partial charge in [-0.25, -0.2) is 9.97 Å². The number of hydrogen-bond acceptors (Lipinski definition) is 2. The molecule has 0 aliphatic rings. The molecule has 2 aromatic carbocycles. The Morgan fingerprint density at radius 2 is 1.62 bits per heavy atom. The van der Waals surface area contributed by atoms with Crippen molar-refractivity contribution in [2.24, 2.45) is 0 Å². The van der Waals surface area contributed by atoms with Crippen LogP contribution in [0.25, 0.3) is 33.1 Å². The summed E-state index contributed by atoms with van der Waals surface area (Å²) in [5, 5.41) is 2.17. The minimum absolute atomic E-state index is 0.947. The number of aromatic nitrogens is 3. The Morgan fingerprint density at radius 3 is 2.43 bits per heavy atom. The Bertz CT molecular complexity index is 943. The van der Waals surface area contributed by atoms with Crippen LogP contribution in [-0.4, -0.2) is 19.9 Å². The molecular formula is C17H14BrN3. The van der Waals surface area contributed by atoms with Crippen molar-refractivity contribution in [1.82, 2.24) is 14.5 Å². The number of fused-ring (bicyclic) bond motifs is 4. The lowest BCUT2D eigenvalue weighted by Crippen LogP contribution is -2.00. The number of rotatable bonds is 3. The number of para-hydroxylation sites is 3. The first kappa shape index (κ1) is 12.8. The first-order valence-corrected chi connectivity index (χ1v) is 8.20. The zero-order valence-electron chi connectivity index (χ0n) is 11.5. The maximum absolute atomic E-state index is 4.85. The van der Waals surface area contributed by atoms with Crippen LogP contribution >= 0.6 is 15.9 Å². The van der Waals surface area contributed by atoms with Crippen molar-refractivity contribution in [3.05, 3.63) is 48.5 Å². The summed E-state index contributed by atoms with van der Waals surface area (Å²) in [5.74, 6) is 0. The smallest absolute Gasteiger partial charge is 0.160 e. The monoisotopic (exact) mass is 339 g/mol. The van der Waals surface area contributed by atoms with Crippen molar-refractivity contribution in [3.8, 4) is 0 Å². The van der Waals surface area contributed by atoms with Gasteiger partial charge in [-0.1, -0.05) is 46.3 Å². The first-order chi connectivity index (χ1) is 10.4. The minimum Gasteiger partial charge on any atom is -0.324 e. The Labute approximate surface area is 130 Å². The van der Waals surface area contributed by atoms with Crippen LogP contribution in [-0.2, 0) is 6.54 Å². The molecule has 0 fully saturated rings. The van der Waals surface area contributed by atoms with Gasteiger partial charge in [0.1, 0.15) is 5.52 Å². The number of halogens is 1. The summed E-state index contributed by atoms with van der Waals surface area (Å²) in [6.45, 7) is 0.947. The lowest BCUT2D eigenvalue weighted by atomic mass is 10.2. The van der Waals surface area contributed by atoms with Crippen LogP contribution in [0.15, 0.2) is 48.5 Å². The maximum Gasteiger partial charge on any atom is 0.160 e. The Hall–Kier alpha value is -1.94. The fraction of sp³-hybridized carbons (Fsp3) is 0.176. The molecule has 0 radical (unpaired) electrons. The summed E-state index contributed by atoms with van der Waals surface area (Å²) >= 11 is 3.51. The van der Waals surface area contributed by atoms with Crippen molar-refractivity contribution < 1.29 is 0 Å². The van der Waals surface area contributed by atoms with Gasteiger partial charge >= 0.3 is 0 Å². The van der Waals surface area contributed by atoms with Crippen LogP contribution in [0.3, 0.4) is 0 Å². The lowest BCUT2D eigenvalue weighted by Gasteiger charge is -2.05. The predicted octanol–water partition coefficient (Wildman–Crippen LogP) is 4.52. The molecule has 0 saturated carbocycles. The highest BCUT2D eigenvalue weighted by molar-refractivity contribution is 9.09. The van der Waals surface area contributed by atoms with E-state index in [4.69, 9.17) is 9.97 Å². The molecule has 2 heterocycles. The molecule has 2 aromatic heterocycles. The van der Waals surface area contributed by atoms with Crippen LogP contribution in [0.5, 0.6) is 0 Å². The van der Waals surface area contributed by atoms with Crippen LogP contribution in [0.2, 0.25) is 0 Å². The number of hydrogen-bond donors (Lipinski definition) is 0. The fourth-order valence-corrected chi connectivity index (χ4v) is 3.08. The zero-order chi connectivity index (χ0) is 14.2. The van der Waals surface area contributed by atoms with E-state index in [1.54, 1.807) is 0 Å². The molecule has 0 aliphatic carbocycles. The molecule has 21 heavy (non-hydrogen) atoms. The molecule has 0 bridgehead atoms. The molecule has 4 rings (SSSR count). The van der Waals surface area contributed by atoms with Gasteiger partial charge in [0.25, 0.3) is 0 Å². The van der Waals surface area contributed by atoms with Gasteiger partial charge in [0, 0.05) is 17.3 Å². The quantitative estimate of drug-likeness (QED) is 0.513. The van der Waals surface area contributed by atoms with Crippen molar-refractivity contribution >= 4 is 49.0 Å². The second kappa shape index (κ2) is 5.11. The van der Waals surface area contributed by atoms with Gasteiger partial charge in [0.05, 0.1) is 16.6 Å². The van der Waals surface area contributed by atoms with Crippen molar-refractivity contribution in [1.29, 1.82) is 0 Å². The fourth-order valence-electron chi connectivity index (χ4n) is 2.83. The van der Waals surface area contributed by atoms with Gasteiger partial charge in [-0.15, -0.1) is 0 Å². The molecule has 4 heteroatoms. The highest BCUT2D eigenvalue weighted by Gasteiger charge is 2.13. The van der Waals surface area contributed by atoms with Crippen LogP contribution in [0.4, 0.5) is 0 Å². The van der Waals surface area contributed by atoms with E-state index in [0.717, 1.165) is 40.5 Å². The molecule has 104 valence electrons. The lowest BCUT2D eigenvalue weighted by molar-refractivity contribution is 0.726. The average Bonchev–Trinajstić information content (AvgIpc) is 2.84. The molecular weight excluding hydrogens is 326 g/mol. The number of nitrogens with zero attached hydrogens (tertiary/aromatic N) is 3. The van der Waals surface area contributed by atoms with E-state index in [2.05, 4.69) is 44.8 Å². The Kier molecular flexibility index (Phi) is 3.11. The van der Waals surface area contributed by atoms with E-state index in [1.165, 1.54) is 10.9 Å². The molecule has 0 amide bonds. The van der Waals surface area contributed by atoms with Gasteiger partial charge < -0.3 is 4.57 Å².